The molecule has 0 saturated heterocycles. The molecule has 3 aromatic rings. The molecule has 0 saturated carbocycles. The second kappa shape index (κ2) is 5.73. The Balaban J connectivity index is 1.74. The van der Waals surface area contributed by atoms with Crippen molar-refractivity contribution in [3.05, 3.63) is 59.4 Å². The number of carbonyl (C=O) groups is 2. The van der Waals surface area contributed by atoms with Gasteiger partial charge in [-0.05, 0) is 31.2 Å². The van der Waals surface area contributed by atoms with Crippen LogP contribution in [0.3, 0.4) is 0 Å². The Morgan fingerprint density at radius 2 is 1.72 bits per heavy atom. The number of amides is 2. The highest BCUT2D eigenvalue weighted by atomic mass is 16.5. The van der Waals surface area contributed by atoms with Gasteiger partial charge in [-0.15, -0.1) is 0 Å². The quantitative estimate of drug-likeness (QED) is 0.688. The van der Waals surface area contributed by atoms with Crippen molar-refractivity contribution in [2.75, 3.05) is 7.11 Å². The summed E-state index contributed by atoms with van der Waals surface area (Å²) in [5.41, 5.74) is 2.64. The first kappa shape index (κ1) is 15.4. The van der Waals surface area contributed by atoms with Crippen molar-refractivity contribution in [3.8, 4) is 5.75 Å². The van der Waals surface area contributed by atoms with Gasteiger partial charge in [-0.3, -0.25) is 14.5 Å². The smallest absolute Gasteiger partial charge is 0.261 e. The van der Waals surface area contributed by atoms with Crippen LogP contribution in [-0.4, -0.2) is 33.4 Å². The maximum Gasteiger partial charge on any atom is 0.261 e. The topological polar surface area (TPSA) is 64.4 Å². The Kier molecular flexibility index (Phi) is 3.53. The number of methoxy groups -OCH3 is 1. The monoisotopic (exact) mass is 335 g/mol. The third-order valence-electron chi connectivity index (χ3n) is 4.53. The number of imidazole rings is 1. The number of hydrogen-bond acceptors (Lipinski definition) is 4. The van der Waals surface area contributed by atoms with E-state index in [-0.39, 0.29) is 18.4 Å². The van der Waals surface area contributed by atoms with Gasteiger partial charge in [-0.2, -0.15) is 0 Å². The summed E-state index contributed by atoms with van der Waals surface area (Å²) in [6, 6.07) is 12.5. The molecule has 0 radical (unpaired) electrons. The van der Waals surface area contributed by atoms with Crippen LogP contribution in [0.15, 0.2) is 42.5 Å². The summed E-state index contributed by atoms with van der Waals surface area (Å²) in [7, 11) is 1.62. The fourth-order valence-corrected chi connectivity index (χ4v) is 3.28. The van der Waals surface area contributed by atoms with Gasteiger partial charge in [0.2, 0.25) is 0 Å². The molecule has 0 atom stereocenters. The third kappa shape index (κ3) is 2.29. The minimum atomic E-state index is -0.270. The van der Waals surface area contributed by atoms with Gasteiger partial charge in [0, 0.05) is 12.6 Å². The summed E-state index contributed by atoms with van der Waals surface area (Å²) in [4.78, 5) is 31.0. The zero-order valence-corrected chi connectivity index (χ0v) is 14.0. The number of rotatable bonds is 4. The highest BCUT2D eigenvalue weighted by Gasteiger charge is 2.36. The van der Waals surface area contributed by atoms with Gasteiger partial charge in [0.1, 0.15) is 11.6 Å². The van der Waals surface area contributed by atoms with Crippen molar-refractivity contribution in [1.29, 1.82) is 0 Å². The zero-order chi connectivity index (χ0) is 17.6. The summed E-state index contributed by atoms with van der Waals surface area (Å²) in [5, 5.41) is 0. The lowest BCUT2D eigenvalue weighted by Gasteiger charge is -2.14. The van der Waals surface area contributed by atoms with E-state index in [1.54, 1.807) is 31.4 Å². The predicted molar refractivity (Wildman–Crippen MR) is 92.6 cm³/mol. The summed E-state index contributed by atoms with van der Waals surface area (Å²) in [6.07, 6.45) is 0. The standard InChI is InChI=1S/C19H17N3O3/c1-3-21-16-10-12(25-2)8-9-15(16)20-17(21)11-22-18(23)13-6-4-5-7-14(13)19(22)24/h4-10H,3,11H2,1-2H3. The van der Waals surface area contributed by atoms with Gasteiger partial charge in [0.05, 0.1) is 35.8 Å². The lowest BCUT2D eigenvalue weighted by atomic mass is 10.1. The molecular formula is C19H17N3O3. The van der Waals surface area contributed by atoms with Gasteiger partial charge in [-0.1, -0.05) is 12.1 Å². The number of aryl methyl sites for hydroxylation is 1. The van der Waals surface area contributed by atoms with E-state index in [4.69, 9.17) is 4.74 Å². The van der Waals surface area contributed by atoms with Crippen molar-refractivity contribution in [1.82, 2.24) is 14.5 Å². The van der Waals surface area contributed by atoms with Crippen molar-refractivity contribution in [3.63, 3.8) is 0 Å². The molecule has 2 amide bonds. The summed E-state index contributed by atoms with van der Waals surface area (Å²) >= 11 is 0. The number of nitrogens with zero attached hydrogens (tertiary/aromatic N) is 3. The molecule has 0 bridgehead atoms. The minimum Gasteiger partial charge on any atom is -0.497 e. The van der Waals surface area contributed by atoms with Crippen LogP contribution in [0.4, 0.5) is 0 Å². The second-order valence-electron chi connectivity index (χ2n) is 5.87. The molecule has 0 N–H and O–H groups in total. The molecular weight excluding hydrogens is 318 g/mol. The van der Waals surface area contributed by atoms with E-state index in [0.29, 0.717) is 23.5 Å². The fourth-order valence-electron chi connectivity index (χ4n) is 3.28. The highest BCUT2D eigenvalue weighted by Crippen LogP contribution is 2.26. The van der Waals surface area contributed by atoms with Crippen molar-refractivity contribution < 1.29 is 14.3 Å². The number of carbonyl (C=O) groups excluding carboxylic acids is 2. The van der Waals surface area contributed by atoms with Gasteiger partial charge >= 0.3 is 0 Å². The molecule has 1 aromatic heterocycles. The van der Waals surface area contributed by atoms with Crippen LogP contribution in [0.25, 0.3) is 11.0 Å². The molecule has 4 rings (SSSR count). The van der Waals surface area contributed by atoms with Crippen LogP contribution in [0.5, 0.6) is 5.75 Å². The Labute approximate surface area is 144 Å². The Morgan fingerprint density at radius 3 is 2.32 bits per heavy atom. The maximum atomic E-state index is 12.6. The van der Waals surface area contributed by atoms with E-state index < -0.39 is 0 Å². The van der Waals surface area contributed by atoms with Crippen molar-refractivity contribution in [2.45, 2.75) is 20.0 Å². The van der Waals surface area contributed by atoms with Crippen LogP contribution in [0, 0.1) is 0 Å². The molecule has 0 aliphatic carbocycles. The lowest BCUT2D eigenvalue weighted by molar-refractivity contribution is 0.0637. The third-order valence-corrected chi connectivity index (χ3v) is 4.53. The number of aromatic nitrogens is 2. The van der Waals surface area contributed by atoms with Crippen molar-refractivity contribution >= 4 is 22.8 Å². The van der Waals surface area contributed by atoms with Crippen LogP contribution in [-0.2, 0) is 13.1 Å². The average molecular weight is 335 g/mol. The maximum absolute atomic E-state index is 12.6. The second-order valence-corrected chi connectivity index (χ2v) is 5.87. The van der Waals surface area contributed by atoms with E-state index in [1.807, 2.05) is 29.7 Å². The fraction of sp³-hybridized carbons (Fsp3) is 0.211. The number of hydrogen-bond donors (Lipinski definition) is 0. The SMILES string of the molecule is CCn1c(CN2C(=O)c3ccccc3C2=O)nc2ccc(OC)cc21. The molecule has 1 aliphatic rings. The van der Waals surface area contributed by atoms with Gasteiger partial charge in [0.25, 0.3) is 11.8 Å². The van der Waals surface area contributed by atoms with E-state index in [9.17, 15) is 9.59 Å². The molecule has 1 aliphatic heterocycles. The predicted octanol–water partition coefficient (Wildman–Crippen LogP) is 2.86. The van der Waals surface area contributed by atoms with Gasteiger partial charge < -0.3 is 9.30 Å². The molecule has 25 heavy (non-hydrogen) atoms. The normalized spacial score (nSPS) is 13.6. The first-order valence-electron chi connectivity index (χ1n) is 8.12. The average Bonchev–Trinajstić information content (AvgIpc) is 3.11. The summed E-state index contributed by atoms with van der Waals surface area (Å²) < 4.78 is 7.28. The van der Waals surface area contributed by atoms with Gasteiger partial charge in [-0.25, -0.2) is 4.98 Å². The Bertz CT molecular complexity index is 971. The molecule has 0 fully saturated rings. The van der Waals surface area contributed by atoms with E-state index in [1.165, 1.54) is 4.90 Å². The van der Waals surface area contributed by atoms with Crippen molar-refractivity contribution in [2.24, 2.45) is 0 Å². The number of ether oxygens (including phenoxy) is 1. The summed E-state index contributed by atoms with van der Waals surface area (Å²) in [5.74, 6) is 0.885. The van der Waals surface area contributed by atoms with Crippen LogP contribution in [0.2, 0.25) is 0 Å². The first-order valence-corrected chi connectivity index (χ1v) is 8.12. The largest absolute Gasteiger partial charge is 0.497 e. The number of benzene rings is 2. The Hall–Kier alpha value is -3.15. The van der Waals surface area contributed by atoms with E-state index >= 15 is 0 Å². The minimum absolute atomic E-state index is 0.150. The zero-order valence-electron chi connectivity index (χ0n) is 14.0. The highest BCUT2D eigenvalue weighted by molar-refractivity contribution is 6.21. The van der Waals surface area contributed by atoms with Crippen LogP contribution in [0.1, 0.15) is 33.5 Å². The molecule has 0 spiro atoms. The lowest BCUT2D eigenvalue weighted by Crippen LogP contribution is -2.30. The number of fused-ring (bicyclic) bond motifs is 2. The van der Waals surface area contributed by atoms with Gasteiger partial charge in [0.15, 0.2) is 0 Å². The molecule has 2 aromatic carbocycles. The molecule has 126 valence electrons. The molecule has 6 heteroatoms. The van der Waals surface area contributed by atoms with Crippen LogP contribution < -0.4 is 4.74 Å². The van der Waals surface area contributed by atoms with E-state index in [2.05, 4.69) is 4.98 Å². The Morgan fingerprint density at radius 1 is 1.04 bits per heavy atom. The van der Waals surface area contributed by atoms with E-state index in [0.717, 1.165) is 16.8 Å². The summed E-state index contributed by atoms with van der Waals surface area (Å²) in [6.45, 7) is 2.84. The van der Waals surface area contributed by atoms with Crippen LogP contribution >= 0.6 is 0 Å². The molecule has 2 heterocycles. The molecule has 0 unspecified atom stereocenters. The number of imide groups is 1. The first-order chi connectivity index (χ1) is 12.1. The molecule has 6 nitrogen and oxygen atoms in total.